The highest BCUT2D eigenvalue weighted by Gasteiger charge is 2.23. The van der Waals surface area contributed by atoms with Crippen molar-refractivity contribution in [3.05, 3.63) is 53.5 Å². The number of nitrogens with one attached hydrogen (secondary N) is 2. The first-order valence-electron chi connectivity index (χ1n) is 8.36. The number of anilines is 2. The molecular formula is C19H17N3O3S. The average Bonchev–Trinajstić information content (AvgIpc) is 3.33. The fourth-order valence-electron chi connectivity index (χ4n) is 2.88. The van der Waals surface area contributed by atoms with E-state index in [-0.39, 0.29) is 11.8 Å². The fourth-order valence-corrected chi connectivity index (χ4v) is 3.54. The first kappa shape index (κ1) is 16.7. The van der Waals surface area contributed by atoms with Gasteiger partial charge in [0.15, 0.2) is 0 Å². The van der Waals surface area contributed by atoms with Crippen molar-refractivity contribution in [2.45, 2.75) is 18.9 Å². The molecule has 1 saturated heterocycles. The lowest BCUT2D eigenvalue weighted by atomic mass is 10.1. The van der Waals surface area contributed by atoms with Crippen LogP contribution in [0.15, 0.2) is 48.0 Å². The lowest BCUT2D eigenvalue weighted by Gasteiger charge is -2.11. The van der Waals surface area contributed by atoms with E-state index in [1.165, 1.54) is 0 Å². The molecule has 3 aromatic rings. The van der Waals surface area contributed by atoms with E-state index < -0.39 is 6.10 Å². The summed E-state index contributed by atoms with van der Waals surface area (Å²) < 4.78 is 6.45. The van der Waals surface area contributed by atoms with Gasteiger partial charge >= 0.3 is 0 Å². The number of nitrogens with zero attached hydrogens (tertiary/aromatic N) is 1. The number of hydrogen-bond acceptors (Lipinski definition) is 5. The van der Waals surface area contributed by atoms with Gasteiger partial charge in [-0.2, -0.15) is 0 Å². The van der Waals surface area contributed by atoms with E-state index in [0.29, 0.717) is 23.5 Å². The lowest BCUT2D eigenvalue weighted by molar-refractivity contribution is -0.124. The molecular weight excluding hydrogens is 350 g/mol. The number of carbonyl (C=O) groups is 2. The molecule has 1 unspecified atom stereocenters. The predicted octanol–water partition coefficient (Wildman–Crippen LogP) is 3.67. The van der Waals surface area contributed by atoms with E-state index in [4.69, 9.17) is 4.74 Å². The Labute approximate surface area is 154 Å². The zero-order valence-electron chi connectivity index (χ0n) is 13.9. The van der Waals surface area contributed by atoms with Crippen LogP contribution in [0.25, 0.3) is 10.2 Å². The molecule has 1 aromatic heterocycles. The van der Waals surface area contributed by atoms with E-state index in [0.717, 1.165) is 23.1 Å². The Balaban J connectivity index is 1.46. The van der Waals surface area contributed by atoms with Crippen LogP contribution in [-0.4, -0.2) is 29.5 Å². The van der Waals surface area contributed by atoms with Gasteiger partial charge in [-0.3, -0.25) is 9.59 Å². The van der Waals surface area contributed by atoms with Crippen LogP contribution in [0.3, 0.4) is 0 Å². The van der Waals surface area contributed by atoms with Crippen LogP contribution in [0.1, 0.15) is 23.2 Å². The number of ether oxygens (including phenoxy) is 1. The molecule has 0 radical (unpaired) electrons. The number of fused-ring (bicyclic) bond motifs is 1. The molecule has 7 heteroatoms. The lowest BCUT2D eigenvalue weighted by Crippen LogP contribution is -2.27. The molecule has 2 amide bonds. The van der Waals surface area contributed by atoms with Gasteiger partial charge in [0.05, 0.1) is 15.7 Å². The van der Waals surface area contributed by atoms with Gasteiger partial charge in [-0.15, -0.1) is 11.3 Å². The van der Waals surface area contributed by atoms with E-state index in [9.17, 15) is 9.59 Å². The van der Waals surface area contributed by atoms with E-state index in [1.54, 1.807) is 41.1 Å². The average molecular weight is 367 g/mol. The van der Waals surface area contributed by atoms with Crippen LogP contribution in [0.5, 0.6) is 0 Å². The summed E-state index contributed by atoms with van der Waals surface area (Å²) in [6.45, 7) is 0.615. The Morgan fingerprint density at radius 1 is 1.12 bits per heavy atom. The molecule has 4 rings (SSSR count). The smallest absolute Gasteiger partial charge is 0.255 e. The number of hydrogen-bond donors (Lipinski definition) is 2. The summed E-state index contributed by atoms with van der Waals surface area (Å²) in [5.41, 5.74) is 4.35. The summed E-state index contributed by atoms with van der Waals surface area (Å²) in [6.07, 6.45) is 1.21. The number of thiazole rings is 1. The molecule has 2 N–H and O–H groups in total. The van der Waals surface area contributed by atoms with Crippen LogP contribution in [0.4, 0.5) is 11.4 Å². The van der Waals surface area contributed by atoms with E-state index in [1.807, 2.05) is 18.2 Å². The highest BCUT2D eigenvalue weighted by atomic mass is 32.1. The largest absolute Gasteiger partial charge is 0.368 e. The van der Waals surface area contributed by atoms with Crippen molar-refractivity contribution in [3.8, 4) is 0 Å². The zero-order valence-corrected chi connectivity index (χ0v) is 14.7. The second-order valence-electron chi connectivity index (χ2n) is 6.06. The molecule has 26 heavy (non-hydrogen) atoms. The Kier molecular flexibility index (Phi) is 4.64. The van der Waals surface area contributed by atoms with Gasteiger partial charge in [0.1, 0.15) is 6.10 Å². The van der Waals surface area contributed by atoms with Crippen LogP contribution < -0.4 is 10.6 Å². The van der Waals surface area contributed by atoms with Crippen molar-refractivity contribution >= 4 is 44.7 Å². The van der Waals surface area contributed by atoms with Crippen LogP contribution in [-0.2, 0) is 9.53 Å². The van der Waals surface area contributed by atoms with E-state index in [2.05, 4.69) is 15.6 Å². The maximum absolute atomic E-state index is 12.5. The number of benzene rings is 2. The molecule has 0 bridgehead atoms. The van der Waals surface area contributed by atoms with Gasteiger partial charge < -0.3 is 15.4 Å². The summed E-state index contributed by atoms with van der Waals surface area (Å²) in [5.74, 6) is -0.415. The van der Waals surface area contributed by atoms with Crippen molar-refractivity contribution in [2.24, 2.45) is 0 Å². The third-order valence-electron chi connectivity index (χ3n) is 4.20. The van der Waals surface area contributed by atoms with E-state index >= 15 is 0 Å². The SMILES string of the molecule is O=C(Nc1ccc2scnc2c1)c1cccc(NC(=O)C2CCCO2)c1. The monoisotopic (exact) mass is 367 g/mol. The molecule has 2 heterocycles. The van der Waals surface area contributed by atoms with Gasteiger partial charge in [-0.05, 0) is 49.2 Å². The standard InChI is InChI=1S/C19H17N3O3S/c23-18(21-14-6-7-17-15(10-14)20-11-26-17)12-3-1-4-13(9-12)22-19(24)16-5-2-8-25-16/h1,3-4,6-7,9-11,16H,2,5,8H2,(H,21,23)(H,22,24). The number of aromatic nitrogens is 1. The van der Waals surface area contributed by atoms with Crippen molar-refractivity contribution < 1.29 is 14.3 Å². The minimum Gasteiger partial charge on any atom is -0.368 e. The third-order valence-corrected chi connectivity index (χ3v) is 5.01. The van der Waals surface area contributed by atoms with Crippen molar-refractivity contribution in [3.63, 3.8) is 0 Å². The summed E-state index contributed by atoms with van der Waals surface area (Å²) in [5, 5.41) is 5.68. The normalized spacial score (nSPS) is 16.5. The highest BCUT2D eigenvalue weighted by molar-refractivity contribution is 7.16. The second kappa shape index (κ2) is 7.23. The summed E-state index contributed by atoms with van der Waals surface area (Å²) in [6, 6.07) is 12.5. The van der Waals surface area contributed by atoms with Gasteiger partial charge in [0.2, 0.25) is 0 Å². The van der Waals surface area contributed by atoms with Crippen LogP contribution in [0.2, 0.25) is 0 Å². The van der Waals surface area contributed by atoms with Gasteiger partial charge in [-0.25, -0.2) is 4.98 Å². The fraction of sp³-hybridized carbons (Fsp3) is 0.211. The highest BCUT2D eigenvalue weighted by Crippen LogP contribution is 2.22. The molecule has 6 nitrogen and oxygen atoms in total. The Hall–Kier alpha value is -2.77. The minimum atomic E-state index is -0.405. The first-order chi connectivity index (χ1) is 12.7. The second-order valence-corrected chi connectivity index (χ2v) is 6.95. The summed E-state index contributed by atoms with van der Waals surface area (Å²) in [4.78, 5) is 28.9. The predicted molar refractivity (Wildman–Crippen MR) is 102 cm³/mol. The zero-order chi connectivity index (χ0) is 17.9. The maximum atomic E-state index is 12.5. The minimum absolute atomic E-state index is 0.172. The topological polar surface area (TPSA) is 80.3 Å². The number of carbonyl (C=O) groups excluding carboxylic acids is 2. The molecule has 0 aliphatic carbocycles. The number of amides is 2. The molecule has 1 aliphatic heterocycles. The van der Waals surface area contributed by atoms with Crippen molar-refractivity contribution in [2.75, 3.05) is 17.2 Å². The Bertz CT molecular complexity index is 963. The Morgan fingerprint density at radius 3 is 2.85 bits per heavy atom. The van der Waals surface area contributed by atoms with Gasteiger partial charge in [0, 0.05) is 23.5 Å². The first-order valence-corrected chi connectivity index (χ1v) is 9.24. The van der Waals surface area contributed by atoms with Crippen LogP contribution in [0, 0.1) is 0 Å². The van der Waals surface area contributed by atoms with Gasteiger partial charge in [-0.1, -0.05) is 6.07 Å². The van der Waals surface area contributed by atoms with Crippen LogP contribution >= 0.6 is 11.3 Å². The molecule has 132 valence electrons. The summed E-state index contributed by atoms with van der Waals surface area (Å²) in [7, 11) is 0. The molecule has 1 aliphatic rings. The number of rotatable bonds is 4. The summed E-state index contributed by atoms with van der Waals surface area (Å²) >= 11 is 1.55. The quantitative estimate of drug-likeness (QED) is 0.737. The molecule has 2 aromatic carbocycles. The third kappa shape index (κ3) is 3.58. The maximum Gasteiger partial charge on any atom is 0.255 e. The molecule has 0 saturated carbocycles. The van der Waals surface area contributed by atoms with Crippen molar-refractivity contribution in [1.82, 2.24) is 4.98 Å². The van der Waals surface area contributed by atoms with Crippen molar-refractivity contribution in [1.29, 1.82) is 0 Å². The molecule has 0 spiro atoms. The molecule has 1 fully saturated rings. The molecule has 1 atom stereocenters. The Morgan fingerprint density at radius 2 is 2.00 bits per heavy atom. The van der Waals surface area contributed by atoms with Gasteiger partial charge in [0.25, 0.3) is 11.8 Å².